The number of nitrogens with two attached hydrogens (primary N) is 1. The van der Waals surface area contributed by atoms with Crippen LogP contribution in [0.4, 0.5) is 4.39 Å². The van der Waals surface area contributed by atoms with Crippen LogP contribution in [0.2, 0.25) is 0 Å². The summed E-state index contributed by atoms with van der Waals surface area (Å²) in [6.07, 6.45) is 0. The molecular weight excluding hydrogens is 261 g/mol. The summed E-state index contributed by atoms with van der Waals surface area (Å²) in [5.41, 5.74) is 5.83. The van der Waals surface area contributed by atoms with Crippen molar-refractivity contribution < 1.29 is 13.9 Å². The van der Waals surface area contributed by atoms with Crippen LogP contribution < -0.4 is 11.1 Å². The molecule has 1 aliphatic rings. The zero-order chi connectivity index (χ0) is 14.4. The van der Waals surface area contributed by atoms with Crippen LogP contribution in [-0.2, 0) is 11.3 Å². The fourth-order valence-electron chi connectivity index (χ4n) is 2.13. The average Bonchev–Trinajstić information content (AvgIpc) is 2.46. The smallest absolute Gasteiger partial charge is 0.248 e. The Kier molecular flexibility index (Phi) is 5.46. The number of hydrogen-bond donors (Lipinski definition) is 2. The van der Waals surface area contributed by atoms with Gasteiger partial charge in [0, 0.05) is 43.9 Å². The summed E-state index contributed by atoms with van der Waals surface area (Å²) < 4.78 is 19.0. The summed E-state index contributed by atoms with van der Waals surface area (Å²) in [6, 6.07) is 4.32. The summed E-state index contributed by atoms with van der Waals surface area (Å²) >= 11 is 0. The van der Waals surface area contributed by atoms with E-state index in [0.717, 1.165) is 39.4 Å². The molecule has 0 atom stereocenters. The van der Waals surface area contributed by atoms with Gasteiger partial charge in [0.2, 0.25) is 5.91 Å². The van der Waals surface area contributed by atoms with Gasteiger partial charge in [-0.1, -0.05) is 6.07 Å². The van der Waals surface area contributed by atoms with Gasteiger partial charge in [0.25, 0.3) is 0 Å². The van der Waals surface area contributed by atoms with E-state index in [1.807, 2.05) is 0 Å². The molecule has 0 radical (unpaired) electrons. The van der Waals surface area contributed by atoms with Crippen molar-refractivity contribution in [2.24, 2.45) is 5.73 Å². The Bertz CT molecular complexity index is 462. The molecule has 110 valence electrons. The zero-order valence-corrected chi connectivity index (χ0v) is 11.4. The van der Waals surface area contributed by atoms with Gasteiger partial charge in [-0.05, 0) is 12.1 Å². The Labute approximate surface area is 117 Å². The van der Waals surface area contributed by atoms with Crippen LogP contribution in [0, 0.1) is 5.82 Å². The number of primary amides is 1. The summed E-state index contributed by atoms with van der Waals surface area (Å²) in [5.74, 6) is -1.02. The van der Waals surface area contributed by atoms with Gasteiger partial charge in [0.15, 0.2) is 0 Å². The highest BCUT2D eigenvalue weighted by Crippen LogP contribution is 2.10. The van der Waals surface area contributed by atoms with E-state index >= 15 is 0 Å². The number of hydrogen-bond acceptors (Lipinski definition) is 4. The molecule has 1 fully saturated rings. The number of carbonyl (C=O) groups is 1. The van der Waals surface area contributed by atoms with E-state index in [4.69, 9.17) is 10.5 Å². The largest absolute Gasteiger partial charge is 0.379 e. The first-order valence-electron chi connectivity index (χ1n) is 6.76. The van der Waals surface area contributed by atoms with Crippen LogP contribution >= 0.6 is 0 Å². The van der Waals surface area contributed by atoms with E-state index in [0.29, 0.717) is 12.1 Å². The highest BCUT2D eigenvalue weighted by atomic mass is 19.1. The van der Waals surface area contributed by atoms with Gasteiger partial charge in [-0.25, -0.2) is 4.39 Å². The SMILES string of the molecule is NC(=O)c1ccc(CNCCN2CCOCC2)c(F)c1. The van der Waals surface area contributed by atoms with Crippen molar-refractivity contribution in [3.63, 3.8) is 0 Å². The van der Waals surface area contributed by atoms with Crippen molar-refractivity contribution in [2.45, 2.75) is 6.54 Å². The summed E-state index contributed by atoms with van der Waals surface area (Å²) in [4.78, 5) is 13.2. The first-order valence-corrected chi connectivity index (χ1v) is 6.76. The molecule has 1 aromatic rings. The Hall–Kier alpha value is -1.50. The molecule has 0 aliphatic carbocycles. The van der Waals surface area contributed by atoms with E-state index in [9.17, 15) is 9.18 Å². The van der Waals surface area contributed by atoms with Crippen LogP contribution in [0.25, 0.3) is 0 Å². The lowest BCUT2D eigenvalue weighted by Gasteiger charge is -2.26. The first-order chi connectivity index (χ1) is 9.66. The normalized spacial score (nSPS) is 16.2. The molecule has 1 saturated heterocycles. The molecule has 0 saturated carbocycles. The fraction of sp³-hybridized carbons (Fsp3) is 0.500. The van der Waals surface area contributed by atoms with Gasteiger partial charge in [-0.3, -0.25) is 9.69 Å². The Morgan fingerprint density at radius 2 is 2.15 bits per heavy atom. The van der Waals surface area contributed by atoms with Gasteiger partial charge < -0.3 is 15.8 Å². The number of halogens is 1. The van der Waals surface area contributed by atoms with Crippen LogP contribution in [-0.4, -0.2) is 50.2 Å². The number of morpholine rings is 1. The van der Waals surface area contributed by atoms with Crippen LogP contribution in [0.15, 0.2) is 18.2 Å². The lowest BCUT2D eigenvalue weighted by Crippen LogP contribution is -2.40. The molecule has 0 aromatic heterocycles. The minimum Gasteiger partial charge on any atom is -0.379 e. The number of benzene rings is 1. The second-order valence-corrected chi connectivity index (χ2v) is 4.80. The summed E-state index contributed by atoms with van der Waals surface area (Å²) in [6.45, 7) is 5.61. The number of nitrogens with zero attached hydrogens (tertiary/aromatic N) is 1. The molecule has 1 amide bonds. The first kappa shape index (κ1) is 14.9. The van der Waals surface area contributed by atoms with E-state index in [-0.39, 0.29) is 5.56 Å². The second-order valence-electron chi connectivity index (χ2n) is 4.80. The molecule has 6 heteroatoms. The lowest BCUT2D eigenvalue weighted by molar-refractivity contribution is 0.0384. The Morgan fingerprint density at radius 3 is 2.80 bits per heavy atom. The van der Waals surface area contributed by atoms with Gasteiger partial charge in [-0.15, -0.1) is 0 Å². The average molecular weight is 281 g/mol. The summed E-state index contributed by atoms with van der Waals surface area (Å²) in [7, 11) is 0. The number of amides is 1. The molecule has 20 heavy (non-hydrogen) atoms. The van der Waals surface area contributed by atoms with Crippen molar-refractivity contribution in [1.29, 1.82) is 0 Å². The third kappa shape index (κ3) is 4.26. The minimum atomic E-state index is -0.615. The molecule has 1 heterocycles. The standard InChI is InChI=1S/C14H20FN3O2/c15-13-9-11(14(16)19)1-2-12(13)10-17-3-4-18-5-7-20-8-6-18/h1-2,9,17H,3-8,10H2,(H2,16,19). The van der Waals surface area contributed by atoms with Crippen molar-refractivity contribution in [3.05, 3.63) is 35.1 Å². The maximum absolute atomic E-state index is 13.7. The number of nitrogens with one attached hydrogen (secondary N) is 1. The molecule has 1 aromatic carbocycles. The third-order valence-electron chi connectivity index (χ3n) is 3.36. The molecule has 3 N–H and O–H groups in total. The van der Waals surface area contributed by atoms with Crippen molar-refractivity contribution in [2.75, 3.05) is 39.4 Å². The molecule has 2 rings (SSSR count). The van der Waals surface area contributed by atoms with Crippen LogP contribution in [0.3, 0.4) is 0 Å². The third-order valence-corrected chi connectivity index (χ3v) is 3.36. The van der Waals surface area contributed by atoms with Crippen molar-refractivity contribution >= 4 is 5.91 Å². The highest BCUT2D eigenvalue weighted by molar-refractivity contribution is 5.92. The van der Waals surface area contributed by atoms with Crippen molar-refractivity contribution in [3.8, 4) is 0 Å². The quantitative estimate of drug-likeness (QED) is 0.738. The van der Waals surface area contributed by atoms with E-state index in [1.54, 1.807) is 12.1 Å². The maximum atomic E-state index is 13.7. The lowest BCUT2D eigenvalue weighted by atomic mass is 10.1. The maximum Gasteiger partial charge on any atom is 0.248 e. The Balaban J connectivity index is 1.74. The second kappa shape index (κ2) is 7.33. The monoisotopic (exact) mass is 281 g/mol. The zero-order valence-electron chi connectivity index (χ0n) is 11.4. The van der Waals surface area contributed by atoms with Crippen LogP contribution in [0.5, 0.6) is 0 Å². The molecule has 0 unspecified atom stereocenters. The van der Waals surface area contributed by atoms with Gasteiger partial charge >= 0.3 is 0 Å². The van der Waals surface area contributed by atoms with E-state index < -0.39 is 11.7 Å². The van der Waals surface area contributed by atoms with Gasteiger partial charge in [0.1, 0.15) is 5.82 Å². The predicted molar refractivity (Wildman–Crippen MR) is 73.9 cm³/mol. The van der Waals surface area contributed by atoms with Gasteiger partial charge in [-0.2, -0.15) is 0 Å². The topological polar surface area (TPSA) is 67.6 Å². The Morgan fingerprint density at radius 1 is 1.40 bits per heavy atom. The molecule has 0 spiro atoms. The fourth-order valence-corrected chi connectivity index (χ4v) is 2.13. The summed E-state index contributed by atoms with van der Waals surface area (Å²) in [5, 5.41) is 3.20. The van der Waals surface area contributed by atoms with Gasteiger partial charge in [0.05, 0.1) is 13.2 Å². The highest BCUT2D eigenvalue weighted by Gasteiger charge is 2.10. The minimum absolute atomic E-state index is 0.194. The number of ether oxygens (including phenoxy) is 1. The van der Waals surface area contributed by atoms with Crippen LogP contribution in [0.1, 0.15) is 15.9 Å². The number of carbonyl (C=O) groups excluding carboxylic acids is 1. The molecule has 1 aliphatic heterocycles. The van der Waals surface area contributed by atoms with Crippen molar-refractivity contribution in [1.82, 2.24) is 10.2 Å². The van der Waals surface area contributed by atoms with E-state index in [2.05, 4.69) is 10.2 Å². The molecule has 0 bridgehead atoms. The van der Waals surface area contributed by atoms with E-state index in [1.165, 1.54) is 6.07 Å². The number of rotatable bonds is 6. The molecular formula is C14H20FN3O2. The molecule has 5 nitrogen and oxygen atoms in total. The predicted octanol–water partition coefficient (Wildman–Crippen LogP) is 0.346.